The lowest BCUT2D eigenvalue weighted by molar-refractivity contribution is 0.108. The fourth-order valence-corrected chi connectivity index (χ4v) is 3.17. The van der Waals surface area contributed by atoms with E-state index in [1.54, 1.807) is 6.07 Å². The Balaban J connectivity index is 3.40. The molecule has 0 unspecified atom stereocenters. The summed E-state index contributed by atoms with van der Waals surface area (Å²) in [6.45, 7) is 4.01. The van der Waals surface area contributed by atoms with Crippen molar-refractivity contribution in [2.75, 3.05) is 6.26 Å². The molecule has 0 aliphatic heterocycles. The first-order valence-electron chi connectivity index (χ1n) is 7.04. The summed E-state index contributed by atoms with van der Waals surface area (Å²) in [5.41, 5.74) is 1.65. The van der Waals surface area contributed by atoms with Gasteiger partial charge in [-0.2, -0.15) is 0 Å². The molecular weight excluding hydrogens is 308 g/mol. The number of carbonyl (C=O) groups excluding carboxylic acids is 1. The number of halogens is 1. The van der Waals surface area contributed by atoms with Crippen LogP contribution in [0.5, 0.6) is 0 Å². The van der Waals surface area contributed by atoms with Gasteiger partial charge in [0, 0.05) is 11.8 Å². The summed E-state index contributed by atoms with van der Waals surface area (Å²) in [4.78, 5) is 11.6. The van der Waals surface area contributed by atoms with Crippen molar-refractivity contribution in [3.63, 3.8) is 0 Å². The Bertz CT molecular complexity index is 646. The minimum absolute atomic E-state index is 0.149. The van der Waals surface area contributed by atoms with Crippen LogP contribution in [0, 0.1) is 0 Å². The van der Waals surface area contributed by atoms with Gasteiger partial charge in [0.2, 0.25) is 0 Å². The number of aryl methyl sites for hydroxylation is 1. The van der Waals surface area contributed by atoms with E-state index in [4.69, 9.17) is 11.6 Å². The Hall–Kier alpha value is -1.13. The molecule has 0 spiro atoms. The van der Waals surface area contributed by atoms with Gasteiger partial charge in [-0.25, -0.2) is 8.42 Å². The lowest BCUT2D eigenvalue weighted by Gasteiger charge is -2.10. The summed E-state index contributed by atoms with van der Waals surface area (Å²) < 4.78 is 23.9. The van der Waals surface area contributed by atoms with Crippen molar-refractivity contribution in [2.24, 2.45) is 0 Å². The molecule has 0 aliphatic carbocycles. The van der Waals surface area contributed by atoms with Gasteiger partial charge in [-0.1, -0.05) is 38.8 Å². The third kappa shape index (κ3) is 4.97. The predicted molar refractivity (Wildman–Crippen MR) is 87.7 cm³/mol. The van der Waals surface area contributed by atoms with Gasteiger partial charge >= 0.3 is 0 Å². The molecule has 1 rings (SSSR count). The smallest absolute Gasteiger partial charge is 0.252 e. The fourth-order valence-electron chi connectivity index (χ4n) is 2.10. The van der Waals surface area contributed by atoms with Gasteiger partial charge in [0.15, 0.2) is 9.84 Å². The number of unbranched alkanes of at least 4 members (excludes halogenated alkanes) is 2. The maximum absolute atomic E-state index is 11.9. The second-order valence-corrected chi connectivity index (χ2v) is 7.32. The van der Waals surface area contributed by atoms with Gasteiger partial charge < -0.3 is 0 Å². The lowest BCUT2D eigenvalue weighted by Crippen LogP contribution is -2.06. The highest BCUT2D eigenvalue weighted by molar-refractivity contribution is 7.90. The van der Waals surface area contributed by atoms with Crippen LogP contribution in [0.25, 0.3) is 6.08 Å². The summed E-state index contributed by atoms with van der Waals surface area (Å²) in [6.07, 6.45) is 8.58. The zero-order chi connectivity index (χ0) is 16.0. The third-order valence-corrected chi connectivity index (χ3v) is 4.61. The Morgan fingerprint density at radius 3 is 2.43 bits per heavy atom. The Labute approximate surface area is 131 Å². The first-order valence-corrected chi connectivity index (χ1v) is 9.31. The average Bonchev–Trinajstić information content (AvgIpc) is 2.41. The number of benzene rings is 1. The normalized spacial score (nSPS) is 12.0. The number of hydrogen-bond acceptors (Lipinski definition) is 3. The molecule has 0 heterocycles. The summed E-state index contributed by atoms with van der Waals surface area (Å²) in [5, 5.41) is -0.627. The second kappa shape index (κ2) is 7.76. The molecule has 116 valence electrons. The summed E-state index contributed by atoms with van der Waals surface area (Å²) in [6, 6.07) is 3.14. The minimum Gasteiger partial charge on any atom is -0.276 e. The van der Waals surface area contributed by atoms with Gasteiger partial charge in [0.25, 0.3) is 5.24 Å². The second-order valence-electron chi connectivity index (χ2n) is 4.99. The zero-order valence-electron chi connectivity index (χ0n) is 12.6. The Morgan fingerprint density at radius 1 is 1.29 bits per heavy atom. The van der Waals surface area contributed by atoms with E-state index in [1.807, 2.05) is 19.1 Å². The number of allylic oxidation sites excluding steroid dienone is 1. The van der Waals surface area contributed by atoms with E-state index in [9.17, 15) is 13.2 Å². The van der Waals surface area contributed by atoms with Gasteiger partial charge in [-0.3, -0.25) is 4.79 Å². The van der Waals surface area contributed by atoms with E-state index >= 15 is 0 Å². The van der Waals surface area contributed by atoms with Crippen LogP contribution in [-0.2, 0) is 16.3 Å². The van der Waals surface area contributed by atoms with Crippen molar-refractivity contribution < 1.29 is 13.2 Å². The molecule has 0 N–H and O–H groups in total. The number of carbonyl (C=O) groups is 1. The van der Waals surface area contributed by atoms with E-state index in [0.29, 0.717) is 12.0 Å². The topological polar surface area (TPSA) is 51.2 Å². The third-order valence-electron chi connectivity index (χ3n) is 3.25. The number of rotatable bonds is 7. The van der Waals surface area contributed by atoms with E-state index in [0.717, 1.165) is 31.1 Å². The quantitative estimate of drug-likeness (QED) is 0.555. The molecule has 0 fully saturated rings. The van der Waals surface area contributed by atoms with Crippen molar-refractivity contribution in [3.05, 3.63) is 34.9 Å². The summed E-state index contributed by atoms with van der Waals surface area (Å²) in [7, 11) is -3.42. The van der Waals surface area contributed by atoms with Gasteiger partial charge in [-0.05, 0) is 47.7 Å². The standard InChI is InChI=1S/C16H21ClO3S/c1-4-6-7-8-9-13-10-12(5-2)14(16(17)18)11-15(13)21(3,19)20/h8-11H,4-7H2,1-3H3/b9-8+. The molecule has 0 aliphatic rings. The van der Waals surface area contributed by atoms with Crippen LogP contribution in [0.3, 0.4) is 0 Å². The molecule has 0 bridgehead atoms. The number of hydrogen-bond donors (Lipinski definition) is 0. The van der Waals surface area contributed by atoms with Gasteiger partial charge in [0.05, 0.1) is 4.90 Å². The predicted octanol–water partition coefficient (Wildman–Crippen LogP) is 4.23. The molecule has 5 heteroatoms. The van der Waals surface area contributed by atoms with Crippen LogP contribution in [0.15, 0.2) is 23.1 Å². The molecule has 0 saturated heterocycles. The number of sulfone groups is 1. The van der Waals surface area contributed by atoms with Crippen LogP contribution >= 0.6 is 11.6 Å². The van der Waals surface area contributed by atoms with Crippen molar-refractivity contribution >= 4 is 32.8 Å². The minimum atomic E-state index is -3.42. The highest BCUT2D eigenvalue weighted by Crippen LogP contribution is 2.25. The molecule has 0 saturated carbocycles. The fraction of sp³-hybridized carbons (Fsp3) is 0.438. The Morgan fingerprint density at radius 2 is 1.95 bits per heavy atom. The highest BCUT2D eigenvalue weighted by Gasteiger charge is 2.18. The van der Waals surface area contributed by atoms with E-state index in [-0.39, 0.29) is 10.5 Å². The highest BCUT2D eigenvalue weighted by atomic mass is 35.5. The van der Waals surface area contributed by atoms with Crippen LogP contribution in [0.4, 0.5) is 0 Å². The molecule has 1 aromatic carbocycles. The van der Waals surface area contributed by atoms with Gasteiger partial charge in [-0.15, -0.1) is 0 Å². The molecule has 0 radical (unpaired) electrons. The van der Waals surface area contributed by atoms with E-state index < -0.39 is 15.1 Å². The van der Waals surface area contributed by atoms with Crippen molar-refractivity contribution in [2.45, 2.75) is 44.4 Å². The van der Waals surface area contributed by atoms with E-state index in [2.05, 4.69) is 6.92 Å². The monoisotopic (exact) mass is 328 g/mol. The Kier molecular flexibility index (Phi) is 6.62. The molecule has 1 aromatic rings. The van der Waals surface area contributed by atoms with Crippen molar-refractivity contribution in [1.29, 1.82) is 0 Å². The molecule has 0 amide bonds. The van der Waals surface area contributed by atoms with Crippen molar-refractivity contribution in [3.8, 4) is 0 Å². The largest absolute Gasteiger partial charge is 0.276 e. The molecule has 3 nitrogen and oxygen atoms in total. The lowest BCUT2D eigenvalue weighted by atomic mass is 10.0. The molecule has 0 atom stereocenters. The van der Waals surface area contributed by atoms with E-state index in [1.165, 1.54) is 6.07 Å². The van der Waals surface area contributed by atoms with Crippen LogP contribution in [-0.4, -0.2) is 19.9 Å². The summed E-state index contributed by atoms with van der Waals surface area (Å²) >= 11 is 5.56. The zero-order valence-corrected chi connectivity index (χ0v) is 14.2. The van der Waals surface area contributed by atoms with Crippen LogP contribution < -0.4 is 0 Å². The van der Waals surface area contributed by atoms with Gasteiger partial charge in [0.1, 0.15) is 0 Å². The summed E-state index contributed by atoms with van der Waals surface area (Å²) in [5.74, 6) is 0. The maximum Gasteiger partial charge on any atom is 0.252 e. The SMILES string of the molecule is CCCC/C=C/c1cc(CC)c(C(=O)Cl)cc1S(C)(=O)=O. The average molecular weight is 329 g/mol. The van der Waals surface area contributed by atoms with Crippen LogP contribution in [0.1, 0.15) is 54.6 Å². The van der Waals surface area contributed by atoms with Crippen LogP contribution in [0.2, 0.25) is 0 Å². The van der Waals surface area contributed by atoms with Crippen molar-refractivity contribution in [1.82, 2.24) is 0 Å². The maximum atomic E-state index is 11.9. The molecule has 0 aromatic heterocycles. The first-order chi connectivity index (χ1) is 9.81. The first kappa shape index (κ1) is 17.9. The molecular formula is C16H21ClO3S. The molecule has 21 heavy (non-hydrogen) atoms.